The van der Waals surface area contributed by atoms with Crippen molar-refractivity contribution in [3.63, 3.8) is 0 Å². The molecule has 0 saturated heterocycles. The lowest BCUT2D eigenvalue weighted by atomic mass is 10.0. The highest BCUT2D eigenvalue weighted by Crippen LogP contribution is 2.32. The van der Waals surface area contributed by atoms with Crippen molar-refractivity contribution in [3.05, 3.63) is 36.1 Å². The summed E-state index contributed by atoms with van der Waals surface area (Å²) in [7, 11) is 1.66. The minimum absolute atomic E-state index is 0.100. The number of carbonyl (C=O) groups excluding carboxylic acids is 1. The molecule has 1 heterocycles. The molecule has 0 spiro atoms. The van der Waals surface area contributed by atoms with Gasteiger partial charge in [0.15, 0.2) is 9.58 Å². The number of likely N-dealkylation sites (N-methyl/N-ethyl adjacent to an activating group) is 1. The van der Waals surface area contributed by atoms with Crippen LogP contribution < -0.4 is 5.32 Å². The highest BCUT2D eigenvalue weighted by Gasteiger charge is 2.29. The molecule has 0 radical (unpaired) electrons. The lowest BCUT2D eigenvalue weighted by Gasteiger charge is -2.19. The molecule has 0 aliphatic rings. The molecule has 0 fully saturated rings. The normalized spacial score (nSPS) is 13.7. The number of ketones is 1. The first-order valence-electron chi connectivity index (χ1n) is 5.66. The SMILES string of the molecule is CNC(CC(Cl)(Cl)Cl)C(=O)c1ccc2ccoc2c1. The zero-order valence-electron chi connectivity index (χ0n) is 10.1. The highest BCUT2D eigenvalue weighted by atomic mass is 35.6. The second-order valence-electron chi connectivity index (χ2n) is 4.20. The van der Waals surface area contributed by atoms with Crippen molar-refractivity contribution in [2.24, 2.45) is 0 Å². The van der Waals surface area contributed by atoms with Crippen molar-refractivity contribution in [3.8, 4) is 0 Å². The fourth-order valence-corrected chi connectivity index (χ4v) is 2.33. The molecule has 1 aromatic carbocycles. The molecule has 1 atom stereocenters. The molecule has 0 aliphatic heterocycles. The van der Waals surface area contributed by atoms with E-state index < -0.39 is 9.83 Å². The van der Waals surface area contributed by atoms with Crippen molar-refractivity contribution < 1.29 is 9.21 Å². The van der Waals surface area contributed by atoms with Crippen LogP contribution in [-0.4, -0.2) is 22.7 Å². The van der Waals surface area contributed by atoms with Crippen LogP contribution in [0.4, 0.5) is 0 Å². The van der Waals surface area contributed by atoms with E-state index in [1.165, 1.54) is 0 Å². The summed E-state index contributed by atoms with van der Waals surface area (Å²) in [5.74, 6) is -0.132. The summed E-state index contributed by atoms with van der Waals surface area (Å²) in [6.45, 7) is 0. The van der Waals surface area contributed by atoms with E-state index in [2.05, 4.69) is 5.32 Å². The maximum atomic E-state index is 12.3. The number of carbonyl (C=O) groups is 1. The third-order valence-electron chi connectivity index (χ3n) is 2.84. The Morgan fingerprint density at radius 2 is 2.11 bits per heavy atom. The van der Waals surface area contributed by atoms with Crippen molar-refractivity contribution in [2.45, 2.75) is 16.3 Å². The molecule has 6 heteroatoms. The third kappa shape index (κ3) is 3.63. The molecule has 0 aliphatic carbocycles. The molecule has 102 valence electrons. The quantitative estimate of drug-likeness (QED) is 0.685. The minimum atomic E-state index is -1.47. The topological polar surface area (TPSA) is 42.2 Å². The number of Topliss-reactive ketones (excluding diaryl/α,β-unsaturated/α-hetero) is 1. The number of halogens is 3. The molecule has 1 N–H and O–H groups in total. The van der Waals surface area contributed by atoms with E-state index in [0.717, 1.165) is 5.39 Å². The average molecular weight is 321 g/mol. The van der Waals surface area contributed by atoms with Gasteiger partial charge in [-0.2, -0.15) is 0 Å². The van der Waals surface area contributed by atoms with Gasteiger partial charge < -0.3 is 9.73 Å². The van der Waals surface area contributed by atoms with Crippen LogP contribution >= 0.6 is 34.8 Å². The molecule has 3 nitrogen and oxygen atoms in total. The van der Waals surface area contributed by atoms with Gasteiger partial charge in [0.05, 0.1) is 12.3 Å². The number of hydrogen-bond donors (Lipinski definition) is 1. The molecular weight excluding hydrogens is 309 g/mol. The Balaban J connectivity index is 2.25. The predicted octanol–water partition coefficient (Wildman–Crippen LogP) is 3.96. The van der Waals surface area contributed by atoms with Gasteiger partial charge in [-0.05, 0) is 19.2 Å². The summed E-state index contributed by atoms with van der Waals surface area (Å²) in [6, 6.07) is 6.54. The Morgan fingerprint density at radius 3 is 2.74 bits per heavy atom. The van der Waals surface area contributed by atoms with E-state index in [-0.39, 0.29) is 12.2 Å². The molecule has 1 unspecified atom stereocenters. The summed E-state index contributed by atoms with van der Waals surface area (Å²) < 4.78 is 3.80. The number of hydrogen-bond acceptors (Lipinski definition) is 3. The monoisotopic (exact) mass is 319 g/mol. The van der Waals surface area contributed by atoms with Gasteiger partial charge in [-0.15, -0.1) is 0 Å². The van der Waals surface area contributed by atoms with Crippen LogP contribution in [0.5, 0.6) is 0 Å². The molecule has 0 bridgehead atoms. The summed E-state index contributed by atoms with van der Waals surface area (Å²) in [5, 5.41) is 3.81. The Kier molecular flexibility index (Phi) is 4.41. The van der Waals surface area contributed by atoms with Gasteiger partial charge in [0.25, 0.3) is 0 Å². The van der Waals surface area contributed by atoms with E-state index in [1.807, 2.05) is 12.1 Å². The first-order chi connectivity index (χ1) is 8.90. The van der Waals surface area contributed by atoms with Crippen LogP contribution in [0, 0.1) is 0 Å². The van der Waals surface area contributed by atoms with E-state index in [1.54, 1.807) is 25.4 Å². The molecule has 2 aromatic rings. The fraction of sp³-hybridized carbons (Fsp3) is 0.308. The van der Waals surface area contributed by atoms with Gasteiger partial charge in [-0.3, -0.25) is 4.79 Å². The molecular formula is C13H12Cl3NO2. The van der Waals surface area contributed by atoms with E-state index >= 15 is 0 Å². The minimum Gasteiger partial charge on any atom is -0.464 e. The largest absolute Gasteiger partial charge is 0.464 e. The Hall–Kier alpha value is -0.740. The van der Waals surface area contributed by atoms with Crippen LogP contribution in [0.25, 0.3) is 11.0 Å². The van der Waals surface area contributed by atoms with Gasteiger partial charge in [-0.25, -0.2) is 0 Å². The fourth-order valence-electron chi connectivity index (χ4n) is 1.87. The predicted molar refractivity (Wildman–Crippen MR) is 78.3 cm³/mol. The van der Waals surface area contributed by atoms with Crippen LogP contribution in [0.2, 0.25) is 0 Å². The van der Waals surface area contributed by atoms with Gasteiger partial charge in [0.1, 0.15) is 5.58 Å². The van der Waals surface area contributed by atoms with E-state index in [9.17, 15) is 4.79 Å². The lowest BCUT2D eigenvalue weighted by Crippen LogP contribution is -2.37. The average Bonchev–Trinajstić information content (AvgIpc) is 2.81. The van der Waals surface area contributed by atoms with Crippen LogP contribution in [-0.2, 0) is 0 Å². The molecule has 0 saturated carbocycles. The second kappa shape index (κ2) is 5.71. The van der Waals surface area contributed by atoms with Crippen molar-refractivity contribution in [2.75, 3.05) is 7.05 Å². The van der Waals surface area contributed by atoms with Gasteiger partial charge >= 0.3 is 0 Å². The number of nitrogens with one attached hydrogen (secondary N) is 1. The number of rotatable bonds is 4. The number of benzene rings is 1. The maximum Gasteiger partial charge on any atom is 0.192 e. The molecule has 2 rings (SSSR count). The molecule has 1 aromatic heterocycles. The van der Waals surface area contributed by atoms with E-state index in [4.69, 9.17) is 39.2 Å². The summed E-state index contributed by atoms with van der Waals surface area (Å²) >= 11 is 17.2. The molecule has 0 amide bonds. The summed E-state index contributed by atoms with van der Waals surface area (Å²) in [6.07, 6.45) is 1.68. The Labute approximate surface area is 125 Å². The standard InChI is InChI=1S/C13H12Cl3NO2/c1-17-10(7-13(14,15)16)12(18)9-3-2-8-4-5-19-11(8)6-9/h2-6,10,17H,7H2,1H3. The molecule has 19 heavy (non-hydrogen) atoms. The number of furan rings is 1. The number of fused-ring (bicyclic) bond motifs is 1. The number of alkyl halides is 3. The van der Waals surface area contributed by atoms with Crippen LogP contribution in [0.15, 0.2) is 34.9 Å². The smallest absolute Gasteiger partial charge is 0.192 e. The Morgan fingerprint density at radius 1 is 1.37 bits per heavy atom. The zero-order chi connectivity index (χ0) is 14.0. The maximum absolute atomic E-state index is 12.3. The van der Waals surface area contributed by atoms with Crippen LogP contribution in [0.1, 0.15) is 16.8 Å². The lowest BCUT2D eigenvalue weighted by molar-refractivity contribution is 0.0943. The van der Waals surface area contributed by atoms with Crippen molar-refractivity contribution in [1.82, 2.24) is 5.32 Å². The third-order valence-corrected chi connectivity index (χ3v) is 3.30. The van der Waals surface area contributed by atoms with Crippen molar-refractivity contribution in [1.29, 1.82) is 0 Å². The zero-order valence-corrected chi connectivity index (χ0v) is 12.4. The Bertz CT molecular complexity index is 589. The first kappa shape index (κ1) is 14.7. The van der Waals surface area contributed by atoms with E-state index in [0.29, 0.717) is 11.1 Å². The second-order valence-corrected chi connectivity index (χ2v) is 6.71. The van der Waals surface area contributed by atoms with Gasteiger partial charge in [-0.1, -0.05) is 46.9 Å². The van der Waals surface area contributed by atoms with Crippen molar-refractivity contribution >= 4 is 51.6 Å². The first-order valence-corrected chi connectivity index (χ1v) is 6.79. The van der Waals surface area contributed by atoms with Gasteiger partial charge in [0.2, 0.25) is 0 Å². The van der Waals surface area contributed by atoms with Crippen LogP contribution in [0.3, 0.4) is 0 Å². The summed E-state index contributed by atoms with van der Waals surface area (Å²) in [5.41, 5.74) is 1.19. The highest BCUT2D eigenvalue weighted by molar-refractivity contribution is 6.67. The van der Waals surface area contributed by atoms with Gasteiger partial charge in [0, 0.05) is 17.4 Å². The summed E-state index contributed by atoms with van der Waals surface area (Å²) in [4.78, 5) is 12.3.